The Morgan fingerprint density at radius 2 is 2.20 bits per heavy atom. The van der Waals surface area contributed by atoms with Crippen LogP contribution in [0.1, 0.15) is 10.4 Å². The lowest BCUT2D eigenvalue weighted by Crippen LogP contribution is -1.97. The van der Waals surface area contributed by atoms with Gasteiger partial charge in [-0.3, -0.25) is 4.98 Å². The van der Waals surface area contributed by atoms with Crippen molar-refractivity contribution in [2.45, 2.75) is 0 Å². The van der Waals surface area contributed by atoms with Crippen LogP contribution in [0, 0.1) is 0 Å². The molecule has 2 rings (SSSR count). The maximum Gasteiger partial charge on any atom is 0.337 e. The molecule has 0 radical (unpaired) electrons. The number of rotatable bonds is 2. The summed E-state index contributed by atoms with van der Waals surface area (Å²) in [6.45, 7) is 0. The van der Waals surface area contributed by atoms with Crippen molar-refractivity contribution in [2.75, 3.05) is 12.4 Å². The first-order valence-corrected chi connectivity index (χ1v) is 4.51. The highest BCUT2D eigenvalue weighted by atomic mass is 16.4. The number of anilines is 1. The number of pyridine rings is 1. The molecule has 2 N–H and O–H groups in total. The van der Waals surface area contributed by atoms with Crippen LogP contribution in [0.15, 0.2) is 30.5 Å². The molecule has 0 aliphatic rings. The number of nitrogens with one attached hydrogen (secondary N) is 1. The fourth-order valence-corrected chi connectivity index (χ4v) is 1.40. The van der Waals surface area contributed by atoms with Crippen molar-refractivity contribution in [3.05, 3.63) is 36.0 Å². The second-order valence-electron chi connectivity index (χ2n) is 3.19. The van der Waals surface area contributed by atoms with Crippen LogP contribution in [0.25, 0.3) is 10.9 Å². The molecule has 1 aromatic heterocycles. The Bertz CT molecular complexity index is 523. The smallest absolute Gasteiger partial charge is 0.337 e. The van der Waals surface area contributed by atoms with E-state index in [1.165, 1.54) is 6.20 Å². The minimum Gasteiger partial charge on any atom is -0.478 e. The summed E-state index contributed by atoms with van der Waals surface area (Å²) in [5.41, 5.74) is 1.93. The van der Waals surface area contributed by atoms with Crippen molar-refractivity contribution < 1.29 is 9.90 Å². The van der Waals surface area contributed by atoms with Crippen LogP contribution in [0.2, 0.25) is 0 Å². The molecule has 76 valence electrons. The quantitative estimate of drug-likeness (QED) is 0.781. The molecule has 0 aliphatic carbocycles. The fourth-order valence-electron chi connectivity index (χ4n) is 1.40. The highest BCUT2D eigenvalue weighted by Gasteiger charge is 2.04. The predicted octanol–water partition coefficient (Wildman–Crippen LogP) is 1.97. The molecule has 1 aromatic carbocycles. The van der Waals surface area contributed by atoms with E-state index in [2.05, 4.69) is 10.3 Å². The van der Waals surface area contributed by atoms with E-state index in [0.717, 1.165) is 16.6 Å². The highest BCUT2D eigenvalue weighted by molar-refractivity contribution is 5.93. The number of benzene rings is 1. The molecule has 15 heavy (non-hydrogen) atoms. The van der Waals surface area contributed by atoms with Gasteiger partial charge in [-0.2, -0.15) is 0 Å². The van der Waals surface area contributed by atoms with Gasteiger partial charge in [-0.05, 0) is 24.3 Å². The van der Waals surface area contributed by atoms with Crippen molar-refractivity contribution in [3.63, 3.8) is 0 Å². The molecule has 0 unspecified atom stereocenters. The molecular weight excluding hydrogens is 192 g/mol. The molecule has 0 bridgehead atoms. The van der Waals surface area contributed by atoms with Crippen LogP contribution in [0.5, 0.6) is 0 Å². The second kappa shape index (κ2) is 3.57. The molecule has 0 saturated carbocycles. The Balaban J connectivity index is 2.62. The number of carbonyl (C=O) groups is 1. The lowest BCUT2D eigenvalue weighted by molar-refractivity contribution is 0.0696. The van der Waals surface area contributed by atoms with Crippen LogP contribution in [0.4, 0.5) is 5.69 Å². The molecule has 0 aliphatic heterocycles. The van der Waals surface area contributed by atoms with Gasteiger partial charge >= 0.3 is 5.97 Å². The summed E-state index contributed by atoms with van der Waals surface area (Å²) in [5.74, 6) is -0.959. The van der Waals surface area contributed by atoms with E-state index in [0.29, 0.717) is 0 Å². The van der Waals surface area contributed by atoms with Gasteiger partial charge < -0.3 is 10.4 Å². The van der Waals surface area contributed by atoms with E-state index in [-0.39, 0.29) is 5.56 Å². The molecule has 2 aromatic rings. The maximum absolute atomic E-state index is 10.7. The molecule has 0 atom stereocenters. The first kappa shape index (κ1) is 9.45. The van der Waals surface area contributed by atoms with E-state index in [9.17, 15) is 4.79 Å². The molecule has 0 saturated heterocycles. The summed E-state index contributed by atoms with van der Waals surface area (Å²) < 4.78 is 0. The molecule has 4 heteroatoms. The largest absolute Gasteiger partial charge is 0.478 e. The highest BCUT2D eigenvalue weighted by Crippen LogP contribution is 2.18. The first-order valence-electron chi connectivity index (χ1n) is 4.51. The monoisotopic (exact) mass is 202 g/mol. The summed E-state index contributed by atoms with van der Waals surface area (Å²) >= 11 is 0. The van der Waals surface area contributed by atoms with Crippen molar-refractivity contribution in [1.82, 2.24) is 4.98 Å². The Kier molecular flexibility index (Phi) is 2.25. The van der Waals surface area contributed by atoms with Crippen molar-refractivity contribution in [2.24, 2.45) is 0 Å². The second-order valence-corrected chi connectivity index (χ2v) is 3.19. The molecule has 0 amide bonds. The number of carboxylic acid groups (broad SMARTS) is 1. The molecular formula is C11H10N2O2. The van der Waals surface area contributed by atoms with E-state index in [4.69, 9.17) is 5.11 Å². The van der Waals surface area contributed by atoms with Crippen molar-refractivity contribution in [1.29, 1.82) is 0 Å². The molecule has 0 fully saturated rings. The third kappa shape index (κ3) is 1.74. The van der Waals surface area contributed by atoms with Gasteiger partial charge in [0, 0.05) is 24.3 Å². The van der Waals surface area contributed by atoms with Gasteiger partial charge in [-0.15, -0.1) is 0 Å². The van der Waals surface area contributed by atoms with Gasteiger partial charge in [0.15, 0.2) is 0 Å². The first-order chi connectivity index (χ1) is 7.20. The maximum atomic E-state index is 10.7. The van der Waals surface area contributed by atoms with Gasteiger partial charge in [0.05, 0.1) is 11.1 Å². The number of nitrogens with zero attached hydrogens (tertiary/aromatic N) is 1. The zero-order valence-corrected chi connectivity index (χ0v) is 8.19. The standard InChI is InChI=1S/C11H10N2O2/c1-12-9-2-3-10-7(5-9)4-8(6-13-10)11(14)15/h2-6,12H,1H3,(H,14,15). The lowest BCUT2D eigenvalue weighted by Gasteiger charge is -2.02. The number of fused-ring (bicyclic) bond motifs is 1. The van der Waals surface area contributed by atoms with Gasteiger partial charge in [-0.25, -0.2) is 4.79 Å². The average molecular weight is 202 g/mol. The van der Waals surface area contributed by atoms with Crippen molar-refractivity contribution in [3.8, 4) is 0 Å². The van der Waals surface area contributed by atoms with Gasteiger partial charge in [0.2, 0.25) is 0 Å². The summed E-state index contributed by atoms with van der Waals surface area (Å²) in [7, 11) is 1.82. The van der Waals surface area contributed by atoms with Crippen LogP contribution in [-0.2, 0) is 0 Å². The minimum absolute atomic E-state index is 0.204. The van der Waals surface area contributed by atoms with Gasteiger partial charge in [0.25, 0.3) is 0 Å². The SMILES string of the molecule is CNc1ccc2ncc(C(=O)O)cc2c1. The number of aromatic carboxylic acids is 1. The van der Waals surface area contributed by atoms with E-state index in [1.54, 1.807) is 6.07 Å². The zero-order chi connectivity index (χ0) is 10.8. The van der Waals surface area contributed by atoms with E-state index in [1.807, 2.05) is 25.2 Å². The normalized spacial score (nSPS) is 10.2. The zero-order valence-electron chi connectivity index (χ0n) is 8.19. The van der Waals surface area contributed by atoms with E-state index < -0.39 is 5.97 Å². The lowest BCUT2D eigenvalue weighted by atomic mass is 10.1. The Hall–Kier alpha value is -2.10. The van der Waals surface area contributed by atoms with Crippen LogP contribution in [0.3, 0.4) is 0 Å². The summed E-state index contributed by atoms with van der Waals surface area (Å²) in [4.78, 5) is 14.8. The van der Waals surface area contributed by atoms with Crippen LogP contribution in [-0.4, -0.2) is 23.1 Å². The van der Waals surface area contributed by atoms with E-state index >= 15 is 0 Å². The number of hydrogen-bond donors (Lipinski definition) is 2. The average Bonchev–Trinajstić information content (AvgIpc) is 2.27. The third-order valence-corrected chi connectivity index (χ3v) is 2.22. The number of hydrogen-bond acceptors (Lipinski definition) is 3. The minimum atomic E-state index is -0.959. The number of carboxylic acids is 1. The van der Waals surface area contributed by atoms with Crippen molar-refractivity contribution >= 4 is 22.6 Å². The topological polar surface area (TPSA) is 62.2 Å². The molecule has 4 nitrogen and oxygen atoms in total. The summed E-state index contributed by atoms with van der Waals surface area (Å²) in [6.07, 6.45) is 1.36. The third-order valence-electron chi connectivity index (χ3n) is 2.22. The predicted molar refractivity (Wildman–Crippen MR) is 58.2 cm³/mol. The Labute approximate surface area is 86.6 Å². The fraction of sp³-hybridized carbons (Fsp3) is 0.0909. The van der Waals surface area contributed by atoms with Crippen LogP contribution >= 0.6 is 0 Å². The summed E-state index contributed by atoms with van der Waals surface area (Å²) in [6, 6.07) is 7.24. The van der Waals surface area contributed by atoms with Crippen LogP contribution < -0.4 is 5.32 Å². The van der Waals surface area contributed by atoms with Gasteiger partial charge in [0.1, 0.15) is 0 Å². The molecule has 0 spiro atoms. The molecule has 1 heterocycles. The summed E-state index contributed by atoms with van der Waals surface area (Å²) in [5, 5.41) is 12.6. The number of aromatic nitrogens is 1. The van der Waals surface area contributed by atoms with Gasteiger partial charge in [-0.1, -0.05) is 0 Å². The Morgan fingerprint density at radius 1 is 1.40 bits per heavy atom. The Morgan fingerprint density at radius 3 is 2.87 bits per heavy atom.